The van der Waals surface area contributed by atoms with E-state index in [4.69, 9.17) is 0 Å². The molecule has 2 aromatic heterocycles. The Labute approximate surface area is 83.5 Å². The van der Waals surface area contributed by atoms with E-state index in [9.17, 15) is 4.79 Å². The molecule has 13 heavy (non-hydrogen) atoms. The number of hydrogen-bond donors (Lipinski definition) is 0. The minimum atomic E-state index is -0.00942. The first-order chi connectivity index (χ1) is 6.18. The predicted molar refractivity (Wildman–Crippen MR) is 52.9 cm³/mol. The zero-order valence-electron chi connectivity index (χ0n) is 6.99. The largest absolute Gasteiger partial charge is 0.304 e. The second-order valence-electron chi connectivity index (χ2n) is 2.79. The first kappa shape index (κ1) is 8.44. The Balaban J connectivity index is 2.76. The number of pyridine rings is 1. The van der Waals surface area contributed by atoms with Crippen LogP contribution < -0.4 is 0 Å². The van der Waals surface area contributed by atoms with Crippen molar-refractivity contribution in [2.75, 3.05) is 0 Å². The van der Waals surface area contributed by atoms with E-state index in [0.29, 0.717) is 5.69 Å². The van der Waals surface area contributed by atoms with Crippen molar-refractivity contribution in [3.63, 3.8) is 0 Å². The summed E-state index contributed by atoms with van der Waals surface area (Å²) in [4.78, 5) is 15.1. The molecule has 2 heterocycles. The summed E-state index contributed by atoms with van der Waals surface area (Å²) in [7, 11) is 0. The lowest BCUT2D eigenvalue weighted by Gasteiger charge is -1.95. The first-order valence-electron chi connectivity index (χ1n) is 3.81. The number of imidazole rings is 1. The van der Waals surface area contributed by atoms with Gasteiger partial charge in [-0.15, -0.1) is 0 Å². The molecule has 0 atom stereocenters. The van der Waals surface area contributed by atoms with E-state index in [0.717, 1.165) is 9.99 Å². The third-order valence-corrected chi connectivity index (χ3v) is 2.30. The highest BCUT2D eigenvalue weighted by Gasteiger charge is 2.07. The van der Waals surface area contributed by atoms with Crippen LogP contribution >= 0.6 is 15.9 Å². The molecule has 3 nitrogen and oxygen atoms in total. The van der Waals surface area contributed by atoms with E-state index < -0.39 is 0 Å². The van der Waals surface area contributed by atoms with Crippen LogP contribution in [0.4, 0.5) is 0 Å². The highest BCUT2D eigenvalue weighted by molar-refractivity contribution is 9.10. The van der Waals surface area contributed by atoms with Crippen molar-refractivity contribution in [3.05, 3.63) is 34.8 Å². The average molecular weight is 239 g/mol. The monoisotopic (exact) mass is 238 g/mol. The van der Waals surface area contributed by atoms with Crippen molar-refractivity contribution >= 4 is 27.2 Å². The Morgan fingerprint density at radius 3 is 3.00 bits per heavy atom. The summed E-state index contributed by atoms with van der Waals surface area (Å²) >= 11 is 3.35. The van der Waals surface area contributed by atoms with E-state index in [1.807, 2.05) is 22.7 Å². The van der Waals surface area contributed by atoms with Crippen LogP contribution in [0.2, 0.25) is 0 Å². The average Bonchev–Trinajstić information content (AvgIpc) is 2.46. The summed E-state index contributed by atoms with van der Waals surface area (Å²) in [6.07, 6.45) is 3.51. The summed E-state index contributed by atoms with van der Waals surface area (Å²) in [5.74, 6) is -0.00942. The molecule has 4 heteroatoms. The molecule has 2 rings (SSSR count). The summed E-state index contributed by atoms with van der Waals surface area (Å²) in [5, 5.41) is 0. The molecule has 0 fully saturated rings. The molecule has 0 bridgehead atoms. The molecule has 0 spiro atoms. The van der Waals surface area contributed by atoms with Crippen LogP contribution in [0.5, 0.6) is 0 Å². The second-order valence-corrected chi connectivity index (χ2v) is 3.70. The van der Waals surface area contributed by atoms with Crippen molar-refractivity contribution in [1.82, 2.24) is 9.38 Å². The Morgan fingerprint density at radius 2 is 2.31 bits per heavy atom. The zero-order chi connectivity index (χ0) is 9.42. The minimum Gasteiger partial charge on any atom is -0.304 e. The smallest absolute Gasteiger partial charge is 0.180 e. The quantitative estimate of drug-likeness (QED) is 0.715. The Kier molecular flexibility index (Phi) is 1.92. The molecule has 66 valence electrons. The van der Waals surface area contributed by atoms with Gasteiger partial charge in [0.05, 0.1) is 5.52 Å². The molecular weight excluding hydrogens is 232 g/mol. The van der Waals surface area contributed by atoms with Gasteiger partial charge in [0.1, 0.15) is 12.0 Å². The maximum Gasteiger partial charge on any atom is 0.180 e. The van der Waals surface area contributed by atoms with Crippen LogP contribution in [0.1, 0.15) is 17.4 Å². The summed E-state index contributed by atoms with van der Waals surface area (Å²) in [6.45, 7) is 1.52. The molecule has 0 radical (unpaired) electrons. The molecule has 2 aromatic rings. The summed E-state index contributed by atoms with van der Waals surface area (Å²) in [6, 6.07) is 3.76. The van der Waals surface area contributed by atoms with Gasteiger partial charge >= 0.3 is 0 Å². The third kappa shape index (κ3) is 1.37. The van der Waals surface area contributed by atoms with Crippen molar-refractivity contribution in [2.45, 2.75) is 6.92 Å². The summed E-state index contributed by atoms with van der Waals surface area (Å²) in [5.41, 5.74) is 1.36. The number of nitrogens with zero attached hydrogens (tertiary/aromatic N) is 2. The van der Waals surface area contributed by atoms with Gasteiger partial charge in [0.15, 0.2) is 5.78 Å². The summed E-state index contributed by atoms with van der Waals surface area (Å²) < 4.78 is 2.79. The van der Waals surface area contributed by atoms with Gasteiger partial charge in [-0.2, -0.15) is 0 Å². The Morgan fingerprint density at radius 1 is 1.54 bits per heavy atom. The number of carbonyl (C=O) groups is 1. The highest BCUT2D eigenvalue weighted by atomic mass is 79.9. The van der Waals surface area contributed by atoms with Gasteiger partial charge in [0, 0.05) is 17.6 Å². The molecule has 0 saturated carbocycles. The number of Topliss-reactive ketones (excluding diaryl/α,β-unsaturated/α-hetero) is 1. The van der Waals surface area contributed by atoms with Crippen LogP contribution in [-0.2, 0) is 0 Å². The number of ketones is 1. The topological polar surface area (TPSA) is 34.4 Å². The lowest BCUT2D eigenvalue weighted by molar-refractivity contribution is 0.101. The Bertz CT molecular complexity index is 475. The number of carbonyl (C=O) groups excluding carboxylic acids is 1. The molecule has 0 aliphatic rings. The molecular formula is C9H7BrN2O. The fraction of sp³-hybridized carbons (Fsp3) is 0.111. The van der Waals surface area contributed by atoms with Crippen LogP contribution in [0, 0.1) is 0 Å². The van der Waals surface area contributed by atoms with Gasteiger partial charge in [0.25, 0.3) is 0 Å². The maximum absolute atomic E-state index is 11.1. The number of halogens is 1. The fourth-order valence-corrected chi connectivity index (χ4v) is 1.60. The first-order valence-corrected chi connectivity index (χ1v) is 4.61. The predicted octanol–water partition coefficient (Wildman–Crippen LogP) is 2.30. The van der Waals surface area contributed by atoms with Crippen molar-refractivity contribution < 1.29 is 4.79 Å². The van der Waals surface area contributed by atoms with Crippen molar-refractivity contribution in [1.29, 1.82) is 0 Å². The van der Waals surface area contributed by atoms with Crippen molar-refractivity contribution in [2.24, 2.45) is 0 Å². The molecule has 0 aliphatic heterocycles. The van der Waals surface area contributed by atoms with E-state index >= 15 is 0 Å². The van der Waals surface area contributed by atoms with Gasteiger partial charge in [-0.25, -0.2) is 4.98 Å². The minimum absolute atomic E-state index is 0.00942. The van der Waals surface area contributed by atoms with Gasteiger partial charge in [-0.05, 0) is 28.1 Å². The van der Waals surface area contributed by atoms with Crippen LogP contribution in [0.3, 0.4) is 0 Å². The van der Waals surface area contributed by atoms with Gasteiger partial charge < -0.3 is 4.40 Å². The second kappa shape index (κ2) is 2.96. The lowest BCUT2D eigenvalue weighted by Crippen LogP contribution is -1.92. The standard InChI is InChI=1S/C9H7BrN2O/c1-6(13)9-8-3-2-7(10)4-12(8)5-11-9/h2-5H,1H3. The van der Waals surface area contributed by atoms with Crippen LogP contribution in [0.15, 0.2) is 29.1 Å². The number of hydrogen-bond acceptors (Lipinski definition) is 2. The molecule has 0 aromatic carbocycles. The van der Waals surface area contributed by atoms with Gasteiger partial charge in [-0.1, -0.05) is 0 Å². The zero-order valence-corrected chi connectivity index (χ0v) is 8.58. The number of aromatic nitrogens is 2. The molecule has 0 saturated heterocycles. The van der Waals surface area contributed by atoms with Gasteiger partial charge in [0.2, 0.25) is 0 Å². The normalized spacial score (nSPS) is 10.6. The number of fused-ring (bicyclic) bond motifs is 1. The van der Waals surface area contributed by atoms with Crippen molar-refractivity contribution in [3.8, 4) is 0 Å². The van der Waals surface area contributed by atoms with Crippen LogP contribution in [0.25, 0.3) is 5.52 Å². The molecule has 0 N–H and O–H groups in total. The Hall–Kier alpha value is -1.16. The van der Waals surface area contributed by atoms with E-state index in [2.05, 4.69) is 20.9 Å². The molecule has 0 amide bonds. The van der Waals surface area contributed by atoms with E-state index in [-0.39, 0.29) is 5.78 Å². The fourth-order valence-electron chi connectivity index (χ4n) is 1.24. The van der Waals surface area contributed by atoms with Crippen LogP contribution in [-0.4, -0.2) is 15.2 Å². The lowest BCUT2D eigenvalue weighted by atomic mass is 10.2. The van der Waals surface area contributed by atoms with Gasteiger partial charge in [-0.3, -0.25) is 4.79 Å². The molecule has 0 aliphatic carbocycles. The van der Waals surface area contributed by atoms with E-state index in [1.165, 1.54) is 6.92 Å². The number of rotatable bonds is 1. The third-order valence-electron chi connectivity index (χ3n) is 1.83. The maximum atomic E-state index is 11.1. The van der Waals surface area contributed by atoms with E-state index in [1.54, 1.807) is 6.33 Å². The SMILES string of the molecule is CC(=O)c1ncn2cc(Br)ccc12. The molecule has 0 unspecified atom stereocenters. The highest BCUT2D eigenvalue weighted by Crippen LogP contribution is 2.15.